The third-order valence-corrected chi connectivity index (χ3v) is 6.57. The highest BCUT2D eigenvalue weighted by atomic mass is 16.5. The Kier molecular flexibility index (Phi) is 6.58. The number of hydrogen-bond donors (Lipinski definition) is 1. The van der Waals surface area contributed by atoms with Crippen molar-refractivity contribution in [3.63, 3.8) is 0 Å². The van der Waals surface area contributed by atoms with Crippen molar-refractivity contribution in [2.75, 3.05) is 14.2 Å². The zero-order valence-corrected chi connectivity index (χ0v) is 18.0. The van der Waals surface area contributed by atoms with Crippen molar-refractivity contribution >= 4 is 5.91 Å². The fraction of sp³-hybridized carbons (Fsp3) is 0.480. The lowest BCUT2D eigenvalue weighted by Gasteiger charge is -2.39. The molecule has 2 fully saturated rings. The SMILES string of the molecule is COc1ccc(OC)c(CN2C3CCC2CC(NC(=O)CCc2ccccc2)C3)c1. The van der Waals surface area contributed by atoms with E-state index in [0.717, 1.165) is 37.3 Å². The van der Waals surface area contributed by atoms with Crippen molar-refractivity contribution in [2.24, 2.45) is 0 Å². The van der Waals surface area contributed by atoms with E-state index in [9.17, 15) is 4.79 Å². The van der Waals surface area contributed by atoms with Gasteiger partial charge in [-0.15, -0.1) is 0 Å². The first-order valence-electron chi connectivity index (χ1n) is 11.0. The fourth-order valence-electron chi connectivity index (χ4n) is 5.05. The number of benzene rings is 2. The van der Waals surface area contributed by atoms with E-state index in [0.29, 0.717) is 18.5 Å². The lowest BCUT2D eigenvalue weighted by molar-refractivity contribution is -0.122. The summed E-state index contributed by atoms with van der Waals surface area (Å²) in [4.78, 5) is 15.1. The summed E-state index contributed by atoms with van der Waals surface area (Å²) < 4.78 is 11.0. The molecule has 2 unspecified atom stereocenters. The predicted molar refractivity (Wildman–Crippen MR) is 118 cm³/mol. The number of hydrogen-bond acceptors (Lipinski definition) is 4. The van der Waals surface area contributed by atoms with Crippen LogP contribution in [0.4, 0.5) is 0 Å². The number of carbonyl (C=O) groups excluding carboxylic acids is 1. The molecular weight excluding hydrogens is 376 g/mol. The summed E-state index contributed by atoms with van der Waals surface area (Å²) >= 11 is 0. The van der Waals surface area contributed by atoms with Crippen molar-refractivity contribution < 1.29 is 14.3 Å². The molecule has 160 valence electrons. The van der Waals surface area contributed by atoms with Gasteiger partial charge >= 0.3 is 0 Å². The number of nitrogens with one attached hydrogen (secondary N) is 1. The van der Waals surface area contributed by atoms with Crippen molar-refractivity contribution in [2.45, 2.75) is 63.2 Å². The van der Waals surface area contributed by atoms with Crippen LogP contribution in [0, 0.1) is 0 Å². The van der Waals surface area contributed by atoms with E-state index in [-0.39, 0.29) is 11.9 Å². The van der Waals surface area contributed by atoms with Crippen LogP contribution in [-0.4, -0.2) is 43.2 Å². The molecule has 2 heterocycles. The standard InChI is InChI=1S/C25H32N2O3/c1-29-23-11-12-24(30-2)19(14-23)17-27-21-9-10-22(27)16-20(15-21)26-25(28)13-8-18-6-4-3-5-7-18/h3-7,11-12,14,20-22H,8-10,13,15-17H2,1-2H3,(H,26,28). The van der Waals surface area contributed by atoms with Gasteiger partial charge in [-0.2, -0.15) is 0 Å². The summed E-state index contributed by atoms with van der Waals surface area (Å²) in [5, 5.41) is 3.30. The molecule has 2 aromatic rings. The minimum absolute atomic E-state index is 0.172. The normalized spacial score (nSPS) is 23.2. The van der Waals surface area contributed by atoms with E-state index in [2.05, 4.69) is 28.4 Å². The summed E-state index contributed by atoms with van der Waals surface area (Å²) in [6, 6.07) is 17.5. The molecule has 2 aromatic carbocycles. The van der Waals surface area contributed by atoms with Gasteiger partial charge in [0.25, 0.3) is 0 Å². The molecule has 2 bridgehead atoms. The smallest absolute Gasteiger partial charge is 0.220 e. The molecule has 0 radical (unpaired) electrons. The molecule has 0 aliphatic carbocycles. The topological polar surface area (TPSA) is 50.8 Å². The Labute approximate surface area is 179 Å². The van der Waals surface area contributed by atoms with Gasteiger partial charge in [0.05, 0.1) is 14.2 Å². The lowest BCUT2D eigenvalue weighted by atomic mass is 9.96. The van der Waals surface area contributed by atoms with Crippen LogP contribution in [0.15, 0.2) is 48.5 Å². The number of carbonyl (C=O) groups is 1. The Bertz CT molecular complexity index is 841. The highest BCUT2D eigenvalue weighted by molar-refractivity contribution is 5.76. The molecule has 4 rings (SSSR count). The fourth-order valence-corrected chi connectivity index (χ4v) is 5.05. The summed E-state index contributed by atoms with van der Waals surface area (Å²) in [6.07, 6.45) is 5.81. The van der Waals surface area contributed by atoms with Gasteiger partial charge in [-0.05, 0) is 55.9 Å². The van der Waals surface area contributed by atoms with Gasteiger partial charge in [-0.3, -0.25) is 9.69 Å². The molecule has 0 aromatic heterocycles. The number of fused-ring (bicyclic) bond motifs is 2. The Morgan fingerprint density at radius 2 is 1.77 bits per heavy atom. The first-order chi connectivity index (χ1) is 14.7. The summed E-state index contributed by atoms with van der Waals surface area (Å²) in [5.41, 5.74) is 2.38. The van der Waals surface area contributed by atoms with Gasteiger partial charge < -0.3 is 14.8 Å². The number of piperidine rings is 1. The summed E-state index contributed by atoms with van der Waals surface area (Å²) in [5.74, 6) is 1.94. The predicted octanol–water partition coefficient (Wildman–Crippen LogP) is 3.95. The third kappa shape index (κ3) is 4.78. The maximum atomic E-state index is 12.5. The number of amides is 1. The molecule has 0 spiro atoms. The van der Waals surface area contributed by atoms with E-state index in [1.807, 2.05) is 30.3 Å². The molecule has 5 nitrogen and oxygen atoms in total. The molecular formula is C25H32N2O3. The maximum absolute atomic E-state index is 12.5. The Morgan fingerprint density at radius 1 is 1.03 bits per heavy atom. The van der Waals surface area contributed by atoms with Gasteiger partial charge in [0.1, 0.15) is 11.5 Å². The van der Waals surface area contributed by atoms with E-state index >= 15 is 0 Å². The molecule has 2 aliphatic rings. The van der Waals surface area contributed by atoms with Crippen LogP contribution in [0.2, 0.25) is 0 Å². The highest BCUT2D eigenvalue weighted by Gasteiger charge is 2.41. The Hall–Kier alpha value is -2.53. The van der Waals surface area contributed by atoms with Crippen LogP contribution in [-0.2, 0) is 17.8 Å². The minimum atomic E-state index is 0.172. The molecule has 30 heavy (non-hydrogen) atoms. The van der Waals surface area contributed by atoms with Gasteiger partial charge in [-0.1, -0.05) is 30.3 Å². The van der Waals surface area contributed by atoms with E-state index < -0.39 is 0 Å². The largest absolute Gasteiger partial charge is 0.497 e. The van der Waals surface area contributed by atoms with Crippen molar-refractivity contribution in [1.29, 1.82) is 0 Å². The summed E-state index contributed by atoms with van der Waals surface area (Å²) in [7, 11) is 3.42. The van der Waals surface area contributed by atoms with E-state index in [1.54, 1.807) is 14.2 Å². The molecule has 2 aliphatic heterocycles. The summed E-state index contributed by atoms with van der Waals surface area (Å²) in [6.45, 7) is 0.865. The van der Waals surface area contributed by atoms with Crippen molar-refractivity contribution in [3.05, 3.63) is 59.7 Å². The lowest BCUT2D eigenvalue weighted by Crippen LogP contribution is -2.50. The molecule has 1 N–H and O–H groups in total. The first kappa shape index (κ1) is 20.7. The second-order valence-corrected chi connectivity index (χ2v) is 8.46. The van der Waals surface area contributed by atoms with Crippen LogP contribution in [0.25, 0.3) is 0 Å². The first-order valence-corrected chi connectivity index (χ1v) is 11.0. The third-order valence-electron chi connectivity index (χ3n) is 6.57. The van der Waals surface area contributed by atoms with Gasteiger partial charge in [-0.25, -0.2) is 0 Å². The van der Waals surface area contributed by atoms with E-state index in [1.165, 1.54) is 24.0 Å². The molecule has 1 amide bonds. The van der Waals surface area contributed by atoms with Crippen molar-refractivity contribution in [3.8, 4) is 11.5 Å². The number of ether oxygens (including phenoxy) is 2. The monoisotopic (exact) mass is 408 g/mol. The van der Waals surface area contributed by atoms with Gasteiger partial charge in [0.2, 0.25) is 5.91 Å². The number of methoxy groups -OCH3 is 2. The van der Waals surface area contributed by atoms with Crippen LogP contribution in [0.5, 0.6) is 11.5 Å². The molecule has 2 saturated heterocycles. The van der Waals surface area contributed by atoms with Crippen LogP contribution in [0.1, 0.15) is 43.2 Å². The second kappa shape index (κ2) is 9.52. The number of rotatable bonds is 8. The van der Waals surface area contributed by atoms with Crippen LogP contribution < -0.4 is 14.8 Å². The Balaban J connectivity index is 1.33. The minimum Gasteiger partial charge on any atom is -0.497 e. The van der Waals surface area contributed by atoms with Crippen LogP contribution >= 0.6 is 0 Å². The zero-order chi connectivity index (χ0) is 20.9. The van der Waals surface area contributed by atoms with E-state index in [4.69, 9.17) is 9.47 Å². The average Bonchev–Trinajstić information content (AvgIpc) is 3.00. The quantitative estimate of drug-likeness (QED) is 0.719. The molecule has 2 atom stereocenters. The van der Waals surface area contributed by atoms with Crippen molar-refractivity contribution in [1.82, 2.24) is 10.2 Å². The number of nitrogens with zero attached hydrogens (tertiary/aromatic N) is 1. The average molecular weight is 409 g/mol. The van der Waals surface area contributed by atoms with Gasteiger partial charge in [0.15, 0.2) is 0 Å². The zero-order valence-electron chi connectivity index (χ0n) is 18.0. The highest BCUT2D eigenvalue weighted by Crippen LogP contribution is 2.38. The molecule has 0 saturated carbocycles. The van der Waals surface area contributed by atoms with Gasteiger partial charge in [0, 0.05) is 36.7 Å². The van der Waals surface area contributed by atoms with Crippen LogP contribution in [0.3, 0.4) is 0 Å². The molecule has 5 heteroatoms. The number of aryl methyl sites for hydroxylation is 1. The Morgan fingerprint density at radius 3 is 2.43 bits per heavy atom. The maximum Gasteiger partial charge on any atom is 0.220 e. The second-order valence-electron chi connectivity index (χ2n) is 8.46.